The molecular weight excluding hydrogens is 288 g/mol. The van der Waals surface area contributed by atoms with Crippen LogP contribution >= 0.6 is 0 Å². The summed E-state index contributed by atoms with van der Waals surface area (Å²) in [6.07, 6.45) is 1.57. The van der Waals surface area contributed by atoms with E-state index < -0.39 is 41.4 Å². The third-order valence-electron chi connectivity index (χ3n) is 3.75. The van der Waals surface area contributed by atoms with Gasteiger partial charge in [0.15, 0.2) is 5.78 Å². The highest BCUT2D eigenvalue weighted by atomic mass is 16.5. The number of amides is 2. The molecule has 0 bridgehead atoms. The van der Waals surface area contributed by atoms with Crippen LogP contribution in [0.25, 0.3) is 0 Å². The van der Waals surface area contributed by atoms with Crippen molar-refractivity contribution in [3.05, 3.63) is 24.0 Å². The molecule has 0 aromatic carbocycles. The number of hydrogen-bond donors (Lipinski definition) is 1. The average Bonchev–Trinajstić information content (AvgIpc) is 3.02. The smallest absolute Gasteiger partial charge is 0.326 e. The highest BCUT2D eigenvalue weighted by molar-refractivity contribution is 6.21. The van der Waals surface area contributed by atoms with E-state index in [0.717, 1.165) is 4.90 Å². The van der Waals surface area contributed by atoms with E-state index in [2.05, 4.69) is 4.98 Å². The van der Waals surface area contributed by atoms with E-state index in [1.165, 1.54) is 13.8 Å². The Hall–Kier alpha value is -2.44. The molecular formula is C15H18N2O5. The number of imide groups is 1. The number of Topliss-reactive ketones (excluding diaryl/α,β-unsaturated/α-hetero) is 1. The minimum atomic E-state index is -1.20. The zero-order valence-corrected chi connectivity index (χ0v) is 12.7. The minimum Gasteiger partial charge on any atom is -0.465 e. The van der Waals surface area contributed by atoms with Gasteiger partial charge in [0, 0.05) is 6.20 Å². The number of nitrogens with zero attached hydrogens (tertiary/aromatic N) is 1. The number of ether oxygens (including phenoxy) is 1. The van der Waals surface area contributed by atoms with Crippen molar-refractivity contribution in [2.24, 2.45) is 11.3 Å². The third-order valence-corrected chi connectivity index (χ3v) is 3.75. The van der Waals surface area contributed by atoms with Gasteiger partial charge in [-0.1, -0.05) is 0 Å². The molecule has 1 N–H and O–H groups in total. The van der Waals surface area contributed by atoms with Crippen molar-refractivity contribution in [1.82, 2.24) is 9.88 Å². The molecule has 1 aromatic heterocycles. The molecule has 2 rings (SSSR count). The first kappa shape index (κ1) is 15.9. The Morgan fingerprint density at radius 3 is 2.59 bits per heavy atom. The second kappa shape index (κ2) is 5.75. The Morgan fingerprint density at radius 1 is 1.36 bits per heavy atom. The number of hydrogen-bond acceptors (Lipinski definition) is 5. The molecule has 1 aromatic rings. The number of rotatable bonds is 5. The maximum atomic E-state index is 12.5. The number of likely N-dealkylation sites (tertiary alicyclic amines) is 1. The van der Waals surface area contributed by atoms with Crippen LogP contribution in [0.15, 0.2) is 18.3 Å². The van der Waals surface area contributed by atoms with Gasteiger partial charge < -0.3 is 9.72 Å². The maximum absolute atomic E-state index is 12.5. The van der Waals surface area contributed by atoms with E-state index in [1.807, 2.05) is 0 Å². The normalized spacial score (nSPS) is 20.3. The highest BCUT2D eigenvalue weighted by Crippen LogP contribution is 2.39. The molecule has 0 saturated carbocycles. The van der Waals surface area contributed by atoms with Crippen molar-refractivity contribution in [1.29, 1.82) is 0 Å². The molecule has 1 aliphatic heterocycles. The van der Waals surface area contributed by atoms with Crippen LogP contribution in [0, 0.1) is 11.3 Å². The van der Waals surface area contributed by atoms with E-state index in [-0.39, 0.29) is 12.3 Å². The zero-order chi connectivity index (χ0) is 16.5. The molecule has 2 amide bonds. The van der Waals surface area contributed by atoms with Crippen molar-refractivity contribution >= 4 is 23.6 Å². The highest BCUT2D eigenvalue weighted by Gasteiger charge is 2.57. The number of carbonyl (C=O) groups excluding carboxylic acids is 4. The Balaban J connectivity index is 2.28. The first-order valence-corrected chi connectivity index (χ1v) is 6.99. The SMILES string of the molecule is CCOC(=O)CN1C(=O)C(C(=O)c2ccc[nH]2)C(C)(C)C1=O. The van der Waals surface area contributed by atoms with Gasteiger partial charge in [0.25, 0.3) is 0 Å². The molecule has 1 aliphatic rings. The summed E-state index contributed by atoms with van der Waals surface area (Å²) in [5.74, 6) is -3.49. The first-order valence-electron chi connectivity index (χ1n) is 6.99. The molecule has 0 spiro atoms. The summed E-state index contributed by atoms with van der Waals surface area (Å²) < 4.78 is 4.76. The minimum absolute atomic E-state index is 0.156. The van der Waals surface area contributed by atoms with Crippen molar-refractivity contribution in [2.75, 3.05) is 13.2 Å². The van der Waals surface area contributed by atoms with Crippen molar-refractivity contribution in [3.63, 3.8) is 0 Å². The summed E-state index contributed by atoms with van der Waals surface area (Å²) in [4.78, 5) is 52.5. The summed E-state index contributed by atoms with van der Waals surface area (Å²) in [6, 6.07) is 3.18. The van der Waals surface area contributed by atoms with Gasteiger partial charge in [0.2, 0.25) is 11.8 Å². The van der Waals surface area contributed by atoms with Crippen LogP contribution in [0.4, 0.5) is 0 Å². The lowest BCUT2D eigenvalue weighted by Gasteiger charge is -2.20. The predicted octanol–water partition coefficient (Wildman–Crippen LogP) is 0.772. The van der Waals surface area contributed by atoms with E-state index in [1.54, 1.807) is 25.3 Å². The number of carbonyl (C=O) groups is 4. The quantitative estimate of drug-likeness (QED) is 0.375. The van der Waals surface area contributed by atoms with Gasteiger partial charge in [0.05, 0.1) is 17.7 Å². The molecule has 0 aliphatic carbocycles. The monoisotopic (exact) mass is 306 g/mol. The molecule has 1 saturated heterocycles. The number of nitrogens with one attached hydrogen (secondary N) is 1. The summed E-state index contributed by atoms with van der Waals surface area (Å²) in [7, 11) is 0. The van der Waals surface area contributed by atoms with Crippen LogP contribution < -0.4 is 0 Å². The molecule has 118 valence electrons. The second-order valence-electron chi connectivity index (χ2n) is 5.64. The fraction of sp³-hybridized carbons (Fsp3) is 0.467. The Labute approximate surface area is 127 Å². The van der Waals surface area contributed by atoms with Crippen LogP contribution in [0.2, 0.25) is 0 Å². The number of esters is 1. The van der Waals surface area contributed by atoms with Gasteiger partial charge >= 0.3 is 5.97 Å². The van der Waals surface area contributed by atoms with Crippen LogP contribution in [0.1, 0.15) is 31.3 Å². The van der Waals surface area contributed by atoms with E-state index in [0.29, 0.717) is 0 Å². The fourth-order valence-electron chi connectivity index (χ4n) is 2.60. The van der Waals surface area contributed by atoms with Crippen LogP contribution in [-0.2, 0) is 19.1 Å². The van der Waals surface area contributed by atoms with Crippen LogP contribution in [-0.4, -0.2) is 46.6 Å². The molecule has 7 nitrogen and oxygen atoms in total. The standard InChI is InChI=1S/C15H18N2O5/c1-4-22-10(18)8-17-13(20)11(15(2,3)14(17)21)12(19)9-6-5-7-16-9/h5-7,11,16H,4,8H2,1-3H3. The van der Waals surface area contributed by atoms with Crippen LogP contribution in [0.5, 0.6) is 0 Å². The van der Waals surface area contributed by atoms with Crippen LogP contribution in [0.3, 0.4) is 0 Å². The van der Waals surface area contributed by atoms with Crippen molar-refractivity contribution in [3.8, 4) is 0 Å². The molecule has 1 fully saturated rings. The zero-order valence-electron chi connectivity index (χ0n) is 12.7. The molecule has 2 heterocycles. The molecule has 22 heavy (non-hydrogen) atoms. The molecule has 1 unspecified atom stereocenters. The lowest BCUT2D eigenvalue weighted by atomic mass is 9.78. The fourth-order valence-corrected chi connectivity index (χ4v) is 2.60. The lowest BCUT2D eigenvalue weighted by Crippen LogP contribution is -2.37. The molecule has 1 atom stereocenters. The Morgan fingerprint density at radius 2 is 2.05 bits per heavy atom. The summed E-state index contributed by atoms with van der Waals surface area (Å²) in [5, 5.41) is 0. The summed E-state index contributed by atoms with van der Waals surface area (Å²) in [6.45, 7) is 4.38. The van der Waals surface area contributed by atoms with Gasteiger partial charge in [-0.3, -0.25) is 24.1 Å². The number of ketones is 1. The molecule has 7 heteroatoms. The van der Waals surface area contributed by atoms with E-state index in [9.17, 15) is 19.2 Å². The average molecular weight is 306 g/mol. The van der Waals surface area contributed by atoms with Gasteiger partial charge in [0.1, 0.15) is 12.5 Å². The van der Waals surface area contributed by atoms with Gasteiger partial charge in [-0.25, -0.2) is 0 Å². The summed E-state index contributed by atoms with van der Waals surface area (Å²) >= 11 is 0. The molecule has 0 radical (unpaired) electrons. The number of aromatic nitrogens is 1. The van der Waals surface area contributed by atoms with E-state index >= 15 is 0 Å². The van der Waals surface area contributed by atoms with E-state index in [4.69, 9.17) is 4.74 Å². The van der Waals surface area contributed by atoms with Gasteiger partial charge in [-0.2, -0.15) is 0 Å². The Kier molecular flexibility index (Phi) is 4.16. The summed E-state index contributed by atoms with van der Waals surface area (Å²) in [5.41, 5.74) is -0.941. The third kappa shape index (κ3) is 2.54. The number of aromatic amines is 1. The second-order valence-corrected chi connectivity index (χ2v) is 5.64. The first-order chi connectivity index (χ1) is 10.3. The maximum Gasteiger partial charge on any atom is 0.326 e. The Bertz CT molecular complexity index is 618. The van der Waals surface area contributed by atoms with Gasteiger partial charge in [-0.05, 0) is 32.9 Å². The predicted molar refractivity (Wildman–Crippen MR) is 75.7 cm³/mol. The number of H-pyrrole nitrogens is 1. The van der Waals surface area contributed by atoms with Gasteiger partial charge in [-0.15, -0.1) is 0 Å². The van der Waals surface area contributed by atoms with Crippen molar-refractivity contribution < 1.29 is 23.9 Å². The van der Waals surface area contributed by atoms with Crippen molar-refractivity contribution in [2.45, 2.75) is 20.8 Å². The lowest BCUT2D eigenvalue weighted by molar-refractivity contribution is -0.153. The largest absolute Gasteiger partial charge is 0.465 e. The topological polar surface area (TPSA) is 96.5 Å².